The van der Waals surface area contributed by atoms with Gasteiger partial charge in [-0.2, -0.15) is 0 Å². The van der Waals surface area contributed by atoms with Crippen molar-refractivity contribution in [3.8, 4) is 0 Å². The van der Waals surface area contributed by atoms with Crippen molar-refractivity contribution >= 4 is 12.0 Å². The zero-order valence-electron chi connectivity index (χ0n) is 23.2. The molecule has 3 N–H and O–H groups in total. The van der Waals surface area contributed by atoms with E-state index in [0.717, 1.165) is 56.0 Å². The summed E-state index contributed by atoms with van der Waals surface area (Å²) < 4.78 is 27.4. The Morgan fingerprint density at radius 2 is 1.42 bits per heavy atom. The summed E-state index contributed by atoms with van der Waals surface area (Å²) in [4.78, 5) is 23.9. The smallest absolute Gasteiger partial charge is 0.424 e. The molecule has 0 radical (unpaired) electrons. The molecule has 0 spiro atoms. The molecule has 220 valence electrons. The minimum Gasteiger partial charge on any atom is -0.445 e. The molecule has 38 heavy (non-hydrogen) atoms. The number of amides is 2. The molecular formula is C28H51N3O7. The monoisotopic (exact) mass is 541 g/mol. The number of carbonyl (C=O) groups excluding carboxylic acids is 2. The summed E-state index contributed by atoms with van der Waals surface area (Å²) in [6.07, 6.45) is 16.5. The summed E-state index contributed by atoms with van der Waals surface area (Å²) in [6, 6.07) is 0. The number of hydrogen-bond acceptors (Lipinski definition) is 8. The third-order valence-corrected chi connectivity index (χ3v) is 6.87. The van der Waals surface area contributed by atoms with Gasteiger partial charge in [0.15, 0.2) is 0 Å². The molecular weight excluding hydrogens is 490 g/mol. The summed E-state index contributed by atoms with van der Waals surface area (Å²) in [7, 11) is 0. The van der Waals surface area contributed by atoms with E-state index in [4.69, 9.17) is 29.5 Å². The molecule has 0 aromatic carbocycles. The van der Waals surface area contributed by atoms with Gasteiger partial charge in [-0.3, -0.25) is 4.79 Å². The molecule has 2 amide bonds. The molecule has 1 saturated carbocycles. The molecule has 0 aromatic heterocycles. The maximum Gasteiger partial charge on any atom is 0.424 e. The predicted molar refractivity (Wildman–Crippen MR) is 145 cm³/mol. The highest BCUT2D eigenvalue weighted by Crippen LogP contribution is 2.28. The molecule has 10 heteroatoms. The van der Waals surface area contributed by atoms with Crippen LogP contribution in [0.4, 0.5) is 4.79 Å². The first kappa shape index (κ1) is 32.5. The van der Waals surface area contributed by atoms with Crippen molar-refractivity contribution in [1.82, 2.24) is 10.3 Å². The Bertz CT molecular complexity index is 644. The minimum absolute atomic E-state index is 0.0510. The number of rotatable bonds is 20. The molecule has 0 bridgehead atoms. The Morgan fingerprint density at radius 1 is 0.789 bits per heavy atom. The quantitative estimate of drug-likeness (QED) is 0.0786. The van der Waals surface area contributed by atoms with Gasteiger partial charge in [-0.25, -0.2) is 15.6 Å². The first-order valence-corrected chi connectivity index (χ1v) is 14.6. The normalized spacial score (nSPS) is 19.0. The van der Waals surface area contributed by atoms with Crippen molar-refractivity contribution < 1.29 is 33.3 Å². The summed E-state index contributed by atoms with van der Waals surface area (Å²) in [5.41, 5.74) is 0. The molecule has 1 fully saturated rings. The van der Waals surface area contributed by atoms with Gasteiger partial charge >= 0.3 is 6.09 Å². The van der Waals surface area contributed by atoms with E-state index in [-0.39, 0.29) is 18.6 Å². The molecule has 2 aliphatic carbocycles. The Morgan fingerprint density at radius 3 is 2.13 bits per heavy atom. The van der Waals surface area contributed by atoms with Gasteiger partial charge in [0, 0.05) is 13.0 Å². The lowest BCUT2D eigenvalue weighted by molar-refractivity contribution is -0.122. The summed E-state index contributed by atoms with van der Waals surface area (Å²) in [5.74, 6) is 6.71. The Labute approximate surface area is 228 Å². The van der Waals surface area contributed by atoms with Gasteiger partial charge in [0.2, 0.25) is 5.91 Å². The largest absolute Gasteiger partial charge is 0.445 e. The zero-order valence-corrected chi connectivity index (χ0v) is 23.2. The van der Waals surface area contributed by atoms with E-state index < -0.39 is 6.09 Å². The molecule has 2 rings (SSSR count). The van der Waals surface area contributed by atoms with E-state index in [0.29, 0.717) is 59.3 Å². The lowest BCUT2D eigenvalue weighted by atomic mass is 10.0. The molecule has 0 saturated heterocycles. The van der Waals surface area contributed by atoms with Crippen LogP contribution in [-0.4, -0.2) is 89.1 Å². The highest BCUT2D eigenvalue weighted by Gasteiger charge is 2.18. The van der Waals surface area contributed by atoms with E-state index in [2.05, 4.69) is 17.5 Å². The number of hydrazine groups is 1. The van der Waals surface area contributed by atoms with Crippen LogP contribution in [0.2, 0.25) is 0 Å². The third-order valence-electron chi connectivity index (χ3n) is 6.87. The van der Waals surface area contributed by atoms with Gasteiger partial charge < -0.3 is 29.0 Å². The van der Waals surface area contributed by atoms with E-state index >= 15 is 0 Å². The van der Waals surface area contributed by atoms with Gasteiger partial charge in [-0.15, -0.1) is 0 Å². The van der Waals surface area contributed by atoms with Gasteiger partial charge in [0.1, 0.15) is 6.10 Å². The van der Waals surface area contributed by atoms with Crippen molar-refractivity contribution in [2.75, 3.05) is 65.9 Å². The number of ether oxygens (including phenoxy) is 5. The van der Waals surface area contributed by atoms with E-state index in [1.807, 2.05) is 0 Å². The first-order valence-electron chi connectivity index (χ1n) is 14.6. The lowest BCUT2D eigenvalue weighted by Gasteiger charge is -2.22. The molecule has 0 aromatic rings. The van der Waals surface area contributed by atoms with Gasteiger partial charge in [-0.1, -0.05) is 37.8 Å². The Balaban J connectivity index is 1.28. The zero-order chi connectivity index (χ0) is 27.1. The number of hydrogen-bond donors (Lipinski definition) is 2. The number of nitrogens with one attached hydrogen (secondary N) is 1. The van der Waals surface area contributed by atoms with E-state index in [1.165, 1.54) is 32.1 Å². The fourth-order valence-electron chi connectivity index (χ4n) is 4.64. The van der Waals surface area contributed by atoms with E-state index in [9.17, 15) is 9.59 Å². The average Bonchev–Trinajstić information content (AvgIpc) is 3.41. The Hall–Kier alpha value is -1.72. The molecule has 0 heterocycles. The third kappa shape index (κ3) is 17.0. The van der Waals surface area contributed by atoms with Crippen LogP contribution >= 0.6 is 0 Å². The highest BCUT2D eigenvalue weighted by molar-refractivity contribution is 5.75. The average molecular weight is 542 g/mol. The lowest BCUT2D eigenvalue weighted by Crippen LogP contribution is -2.42. The summed E-state index contributed by atoms with van der Waals surface area (Å²) in [5, 5.41) is 4.04. The second-order valence-corrected chi connectivity index (χ2v) is 10.0. The van der Waals surface area contributed by atoms with Crippen LogP contribution in [-0.2, 0) is 28.5 Å². The fourth-order valence-corrected chi connectivity index (χ4v) is 4.64. The van der Waals surface area contributed by atoms with Crippen LogP contribution in [0.25, 0.3) is 0 Å². The van der Waals surface area contributed by atoms with Crippen molar-refractivity contribution in [3.05, 3.63) is 12.2 Å². The van der Waals surface area contributed by atoms with Crippen molar-refractivity contribution in [3.63, 3.8) is 0 Å². The van der Waals surface area contributed by atoms with Crippen LogP contribution < -0.4 is 11.2 Å². The van der Waals surface area contributed by atoms with Crippen molar-refractivity contribution in [1.29, 1.82) is 0 Å². The van der Waals surface area contributed by atoms with Crippen LogP contribution in [0, 0.1) is 5.92 Å². The number of carbonyl (C=O) groups is 2. The summed E-state index contributed by atoms with van der Waals surface area (Å²) in [6.45, 7) is 4.42. The highest BCUT2D eigenvalue weighted by atomic mass is 16.6. The first-order chi connectivity index (χ1) is 18.6. The second kappa shape index (κ2) is 22.1. The standard InChI is InChI=1S/C28H51N3O7/c29-31(28(33)38-26-12-4-2-1-3-5-13-26)16-18-35-20-22-37-24-23-36-21-19-34-17-14-27(32)30-15-8-11-25-9-6-7-10-25/h1-2,25-26H,3-24,29H2,(H,30,32)/b2-1+. The molecule has 0 aliphatic heterocycles. The van der Waals surface area contributed by atoms with Gasteiger partial charge in [0.05, 0.1) is 59.4 Å². The minimum atomic E-state index is -0.506. The molecule has 10 nitrogen and oxygen atoms in total. The summed E-state index contributed by atoms with van der Waals surface area (Å²) >= 11 is 0. The van der Waals surface area contributed by atoms with Crippen LogP contribution in [0.5, 0.6) is 0 Å². The number of nitrogens with two attached hydrogens (primary N) is 1. The van der Waals surface area contributed by atoms with Crippen molar-refractivity contribution in [2.45, 2.75) is 83.2 Å². The van der Waals surface area contributed by atoms with E-state index in [1.54, 1.807) is 0 Å². The molecule has 2 aliphatic rings. The molecule has 1 unspecified atom stereocenters. The van der Waals surface area contributed by atoms with Gasteiger partial charge in [-0.05, 0) is 50.9 Å². The second-order valence-electron chi connectivity index (χ2n) is 10.0. The maximum absolute atomic E-state index is 12.1. The predicted octanol–water partition coefficient (Wildman–Crippen LogP) is 3.73. The fraction of sp³-hybridized carbons (Fsp3) is 0.857. The SMILES string of the molecule is NN(CCOCCOCCOCCOCCC(=O)NCCCC1CCCC1)C(=O)OC1CC/C=C/CCC1. The van der Waals surface area contributed by atoms with Crippen LogP contribution in [0.15, 0.2) is 12.2 Å². The van der Waals surface area contributed by atoms with Gasteiger partial charge in [0.25, 0.3) is 0 Å². The number of allylic oxidation sites excluding steroid dienone is 2. The Kier molecular flexibility index (Phi) is 18.9. The number of nitrogens with zero attached hydrogens (tertiary/aromatic N) is 1. The maximum atomic E-state index is 12.1. The van der Waals surface area contributed by atoms with Crippen molar-refractivity contribution in [2.24, 2.45) is 11.8 Å². The molecule has 1 atom stereocenters. The van der Waals surface area contributed by atoms with Crippen LogP contribution in [0.1, 0.15) is 77.0 Å². The van der Waals surface area contributed by atoms with Crippen LogP contribution in [0.3, 0.4) is 0 Å². The topological polar surface area (TPSA) is 122 Å².